The monoisotopic (exact) mass is 584 g/mol. The Morgan fingerprint density at radius 2 is 0.935 bits per heavy atom. The van der Waals surface area contributed by atoms with E-state index in [0.29, 0.717) is 0 Å². The van der Waals surface area contributed by atoms with Gasteiger partial charge in [0.15, 0.2) is 0 Å². The van der Waals surface area contributed by atoms with Crippen molar-refractivity contribution in [2.24, 2.45) is 0 Å². The number of nitrogens with zero attached hydrogens (tertiary/aromatic N) is 2. The van der Waals surface area contributed by atoms with Crippen LogP contribution in [0, 0.1) is 0 Å². The standard InChI is InChI=1S/C44H28N2/c1-2-15-33(16-3-1)45-40-25-26-41-43(37-18-8-9-20-39(37)46(41)34-23-21-29-11-4-5-13-31(29)27-34)44(40)38-24-22-32(28-42(38)45)36-19-10-14-30-12-6-7-17-35(30)36/h1-28H. The number of aromatic nitrogens is 2. The quantitative estimate of drug-likeness (QED) is 0.195. The first-order valence-electron chi connectivity index (χ1n) is 15.9. The van der Waals surface area contributed by atoms with Gasteiger partial charge in [0.05, 0.1) is 22.1 Å². The Hall–Kier alpha value is -6.12. The van der Waals surface area contributed by atoms with E-state index in [4.69, 9.17) is 0 Å². The lowest BCUT2D eigenvalue weighted by Gasteiger charge is -2.11. The minimum Gasteiger partial charge on any atom is -0.309 e. The van der Waals surface area contributed by atoms with Crippen molar-refractivity contribution in [2.45, 2.75) is 0 Å². The van der Waals surface area contributed by atoms with Gasteiger partial charge in [-0.1, -0.05) is 121 Å². The Bertz CT molecular complexity index is 2790. The number of hydrogen-bond donors (Lipinski definition) is 0. The molecule has 0 radical (unpaired) electrons. The Kier molecular flexibility index (Phi) is 5.31. The average Bonchev–Trinajstić information content (AvgIpc) is 3.64. The molecule has 0 aliphatic carbocycles. The Balaban J connectivity index is 1.34. The number of para-hydroxylation sites is 2. The summed E-state index contributed by atoms with van der Waals surface area (Å²) in [6, 6.07) is 62.0. The van der Waals surface area contributed by atoms with Crippen LogP contribution in [0.25, 0.3) is 87.7 Å². The molecule has 0 saturated heterocycles. The lowest BCUT2D eigenvalue weighted by molar-refractivity contribution is 1.17. The van der Waals surface area contributed by atoms with Crippen LogP contribution in [0.2, 0.25) is 0 Å². The highest BCUT2D eigenvalue weighted by Crippen LogP contribution is 2.43. The fraction of sp³-hybridized carbons (Fsp3) is 0. The second-order valence-electron chi connectivity index (χ2n) is 12.2. The molecule has 0 fully saturated rings. The SMILES string of the molecule is c1ccc(-n2c3cc(-c4cccc5ccccc45)ccc3c3c4c5ccccc5n(-c5ccc6ccccc6c5)c4ccc32)cc1. The molecule has 0 amide bonds. The van der Waals surface area contributed by atoms with E-state index in [1.165, 1.54) is 82.0 Å². The molecular formula is C44H28N2. The maximum absolute atomic E-state index is 2.45. The van der Waals surface area contributed by atoms with Crippen LogP contribution in [-0.2, 0) is 0 Å². The highest BCUT2D eigenvalue weighted by atomic mass is 15.0. The molecule has 0 unspecified atom stereocenters. The van der Waals surface area contributed by atoms with Gasteiger partial charge in [-0.25, -0.2) is 0 Å². The third-order valence-electron chi connectivity index (χ3n) is 9.67. The molecular weight excluding hydrogens is 556 g/mol. The van der Waals surface area contributed by atoms with Crippen molar-refractivity contribution < 1.29 is 0 Å². The van der Waals surface area contributed by atoms with Crippen molar-refractivity contribution in [1.82, 2.24) is 9.13 Å². The molecule has 0 aliphatic rings. The summed E-state index contributed by atoms with van der Waals surface area (Å²) in [4.78, 5) is 0. The molecule has 214 valence electrons. The average molecular weight is 585 g/mol. The van der Waals surface area contributed by atoms with Crippen molar-refractivity contribution in [1.29, 1.82) is 0 Å². The van der Waals surface area contributed by atoms with E-state index >= 15 is 0 Å². The second kappa shape index (κ2) is 9.69. The van der Waals surface area contributed by atoms with Crippen LogP contribution >= 0.6 is 0 Å². The molecule has 2 nitrogen and oxygen atoms in total. The van der Waals surface area contributed by atoms with E-state index in [1.807, 2.05) is 0 Å². The van der Waals surface area contributed by atoms with Crippen LogP contribution in [-0.4, -0.2) is 9.13 Å². The third-order valence-corrected chi connectivity index (χ3v) is 9.67. The van der Waals surface area contributed by atoms with Crippen molar-refractivity contribution in [3.8, 4) is 22.5 Å². The van der Waals surface area contributed by atoms with Gasteiger partial charge in [-0.15, -0.1) is 0 Å². The van der Waals surface area contributed by atoms with Gasteiger partial charge >= 0.3 is 0 Å². The molecule has 2 heteroatoms. The highest BCUT2D eigenvalue weighted by Gasteiger charge is 2.21. The number of fused-ring (bicyclic) bond motifs is 9. The molecule has 0 saturated carbocycles. The summed E-state index contributed by atoms with van der Waals surface area (Å²) in [5.74, 6) is 0. The van der Waals surface area contributed by atoms with Gasteiger partial charge in [0, 0.05) is 32.9 Å². The van der Waals surface area contributed by atoms with Gasteiger partial charge in [-0.2, -0.15) is 0 Å². The van der Waals surface area contributed by atoms with E-state index in [9.17, 15) is 0 Å². The zero-order valence-corrected chi connectivity index (χ0v) is 25.1. The smallest absolute Gasteiger partial charge is 0.0548 e. The lowest BCUT2D eigenvalue weighted by Crippen LogP contribution is -1.95. The van der Waals surface area contributed by atoms with Crippen LogP contribution in [0.3, 0.4) is 0 Å². The molecule has 2 heterocycles. The van der Waals surface area contributed by atoms with Gasteiger partial charge in [0.25, 0.3) is 0 Å². The fourth-order valence-corrected chi connectivity index (χ4v) is 7.66. The van der Waals surface area contributed by atoms with Crippen LogP contribution in [0.4, 0.5) is 0 Å². The molecule has 0 aliphatic heterocycles. The minimum absolute atomic E-state index is 1.16. The molecule has 8 aromatic carbocycles. The maximum atomic E-state index is 2.45. The summed E-state index contributed by atoms with van der Waals surface area (Å²) in [5, 5.41) is 10.1. The second-order valence-corrected chi connectivity index (χ2v) is 12.2. The van der Waals surface area contributed by atoms with Crippen LogP contribution in [0.5, 0.6) is 0 Å². The molecule has 10 rings (SSSR count). The number of rotatable bonds is 3. The van der Waals surface area contributed by atoms with Crippen molar-refractivity contribution >= 4 is 65.2 Å². The van der Waals surface area contributed by atoms with E-state index in [1.54, 1.807) is 0 Å². The largest absolute Gasteiger partial charge is 0.309 e. The van der Waals surface area contributed by atoms with E-state index < -0.39 is 0 Å². The van der Waals surface area contributed by atoms with Crippen molar-refractivity contribution in [2.75, 3.05) is 0 Å². The predicted molar refractivity (Wildman–Crippen MR) is 196 cm³/mol. The zero-order chi connectivity index (χ0) is 30.2. The molecule has 0 spiro atoms. The summed E-state index contributed by atoms with van der Waals surface area (Å²) >= 11 is 0. The Morgan fingerprint density at radius 1 is 0.304 bits per heavy atom. The van der Waals surface area contributed by atoms with Gasteiger partial charge < -0.3 is 9.13 Å². The molecule has 46 heavy (non-hydrogen) atoms. The summed E-state index contributed by atoms with van der Waals surface area (Å²) in [6.07, 6.45) is 0. The van der Waals surface area contributed by atoms with Gasteiger partial charge in [-0.05, 0) is 81.2 Å². The molecule has 10 aromatic rings. The van der Waals surface area contributed by atoms with E-state index in [-0.39, 0.29) is 0 Å². The molecule has 0 atom stereocenters. The Labute approximate surface area is 266 Å². The predicted octanol–water partition coefficient (Wildman–Crippen LogP) is 11.9. The fourth-order valence-electron chi connectivity index (χ4n) is 7.66. The minimum atomic E-state index is 1.16. The molecule has 2 aromatic heterocycles. The van der Waals surface area contributed by atoms with Crippen molar-refractivity contribution in [3.63, 3.8) is 0 Å². The highest BCUT2D eigenvalue weighted by molar-refractivity contribution is 6.29. The van der Waals surface area contributed by atoms with Gasteiger partial charge in [-0.3, -0.25) is 0 Å². The maximum Gasteiger partial charge on any atom is 0.0548 e. The summed E-state index contributed by atoms with van der Waals surface area (Å²) in [5.41, 5.74) is 9.67. The van der Waals surface area contributed by atoms with Gasteiger partial charge in [0.1, 0.15) is 0 Å². The zero-order valence-electron chi connectivity index (χ0n) is 25.1. The number of hydrogen-bond acceptors (Lipinski definition) is 0. The van der Waals surface area contributed by atoms with E-state index in [2.05, 4.69) is 179 Å². The topological polar surface area (TPSA) is 9.86 Å². The first-order chi connectivity index (χ1) is 22.8. The summed E-state index contributed by atoms with van der Waals surface area (Å²) in [6.45, 7) is 0. The Morgan fingerprint density at radius 3 is 1.76 bits per heavy atom. The molecule has 0 bridgehead atoms. The van der Waals surface area contributed by atoms with Crippen molar-refractivity contribution in [3.05, 3.63) is 170 Å². The van der Waals surface area contributed by atoms with Crippen LogP contribution in [0.15, 0.2) is 170 Å². The van der Waals surface area contributed by atoms with Gasteiger partial charge in [0.2, 0.25) is 0 Å². The third kappa shape index (κ3) is 3.59. The summed E-state index contributed by atoms with van der Waals surface area (Å²) < 4.78 is 4.88. The first kappa shape index (κ1) is 25.2. The van der Waals surface area contributed by atoms with E-state index in [0.717, 1.165) is 5.69 Å². The first-order valence-corrected chi connectivity index (χ1v) is 15.9. The number of benzene rings is 8. The normalized spacial score (nSPS) is 11.9. The lowest BCUT2D eigenvalue weighted by atomic mass is 9.97. The molecule has 0 N–H and O–H groups in total. The summed E-state index contributed by atoms with van der Waals surface area (Å²) in [7, 11) is 0. The van der Waals surface area contributed by atoms with Crippen LogP contribution < -0.4 is 0 Å². The van der Waals surface area contributed by atoms with Crippen LogP contribution in [0.1, 0.15) is 0 Å².